The van der Waals surface area contributed by atoms with Crippen molar-refractivity contribution >= 4 is 5.97 Å². The van der Waals surface area contributed by atoms with Gasteiger partial charge < -0.3 is 14.6 Å². The molecule has 0 bridgehead atoms. The van der Waals surface area contributed by atoms with Crippen LogP contribution in [0.3, 0.4) is 0 Å². The van der Waals surface area contributed by atoms with Crippen LogP contribution in [-0.2, 0) is 14.3 Å². The monoisotopic (exact) mass is 469 g/mol. The number of carboxylic acids is 1. The van der Waals surface area contributed by atoms with Crippen molar-refractivity contribution in [1.29, 1.82) is 0 Å². The minimum atomic E-state index is -0.739. The summed E-state index contributed by atoms with van der Waals surface area (Å²) in [5.74, 6) is -1.23. The number of carboxylic acid groups (broad SMARTS) is 1. The molecule has 1 saturated heterocycles. The van der Waals surface area contributed by atoms with Crippen LogP contribution in [0, 0.1) is 5.92 Å². The third-order valence-electron chi connectivity index (χ3n) is 7.33. The van der Waals surface area contributed by atoms with Gasteiger partial charge in [0.1, 0.15) is 11.8 Å². The molecule has 196 valence electrons. The first-order chi connectivity index (χ1) is 16.0. The van der Waals surface area contributed by atoms with E-state index in [4.69, 9.17) is 9.47 Å². The minimum Gasteiger partial charge on any atom is -0.481 e. The number of piperidine rings is 1. The minimum absolute atomic E-state index is 0.402. The Morgan fingerprint density at radius 3 is 1.91 bits per heavy atom. The highest BCUT2D eigenvalue weighted by molar-refractivity contribution is 5.71. The normalized spacial score (nSPS) is 23.8. The van der Waals surface area contributed by atoms with Gasteiger partial charge in [-0.2, -0.15) is 0 Å². The number of hydrogen-bond acceptors (Lipinski definition) is 4. The highest BCUT2D eigenvalue weighted by Crippen LogP contribution is 2.39. The van der Waals surface area contributed by atoms with Crippen LogP contribution in [0.4, 0.5) is 0 Å². The molecule has 0 radical (unpaired) electrons. The maximum atomic E-state index is 12.2. The van der Waals surface area contributed by atoms with E-state index < -0.39 is 23.7 Å². The summed E-state index contributed by atoms with van der Waals surface area (Å²) in [6.45, 7) is 8.68. The molecule has 0 aromatic heterocycles. The van der Waals surface area contributed by atoms with E-state index in [1.54, 1.807) is 0 Å². The van der Waals surface area contributed by atoms with E-state index in [0.29, 0.717) is 19.6 Å². The smallest absolute Gasteiger partial charge is 0.309 e. The molecule has 3 unspecified atom stereocenters. The first-order valence-corrected chi connectivity index (χ1v) is 14.2. The fraction of sp³-hybridized carbons (Fsp3) is 0.964. The first-order valence-electron chi connectivity index (χ1n) is 14.2. The molecule has 0 aromatic rings. The fourth-order valence-corrected chi connectivity index (χ4v) is 5.15. The van der Waals surface area contributed by atoms with Gasteiger partial charge in [0.05, 0.1) is 5.92 Å². The van der Waals surface area contributed by atoms with Gasteiger partial charge in [-0.15, -0.1) is 0 Å². The van der Waals surface area contributed by atoms with Crippen molar-refractivity contribution in [3.05, 3.63) is 0 Å². The zero-order valence-electron chi connectivity index (χ0n) is 22.4. The molecule has 1 rings (SSSR count). The van der Waals surface area contributed by atoms with Crippen LogP contribution in [0.2, 0.25) is 0 Å². The largest absolute Gasteiger partial charge is 0.481 e. The van der Waals surface area contributed by atoms with Gasteiger partial charge in [-0.05, 0) is 39.2 Å². The Bertz CT molecular complexity index is 487. The maximum absolute atomic E-state index is 12.2. The van der Waals surface area contributed by atoms with Crippen LogP contribution in [0.15, 0.2) is 0 Å². The zero-order valence-corrected chi connectivity index (χ0v) is 22.4. The van der Waals surface area contributed by atoms with Gasteiger partial charge in [0, 0.05) is 19.8 Å². The van der Waals surface area contributed by atoms with Crippen LogP contribution in [0.5, 0.6) is 0 Å². The van der Waals surface area contributed by atoms with Gasteiger partial charge in [0.2, 0.25) is 0 Å². The quantitative estimate of drug-likeness (QED) is 0.177. The van der Waals surface area contributed by atoms with E-state index in [1.807, 2.05) is 0 Å². The van der Waals surface area contributed by atoms with Crippen LogP contribution in [-0.4, -0.2) is 54.6 Å². The number of unbranched alkanes of at least 4 members (excludes halogenated alkanes) is 12. The van der Waals surface area contributed by atoms with Gasteiger partial charge in [-0.25, -0.2) is 0 Å². The van der Waals surface area contributed by atoms with E-state index in [1.165, 1.54) is 51.4 Å². The predicted molar refractivity (Wildman–Crippen MR) is 138 cm³/mol. The molecule has 1 aliphatic heterocycles. The van der Waals surface area contributed by atoms with Crippen molar-refractivity contribution in [2.75, 3.05) is 26.8 Å². The highest BCUT2D eigenvalue weighted by Gasteiger charge is 2.52. The molecular weight excluding hydrogens is 414 g/mol. The van der Waals surface area contributed by atoms with E-state index in [-0.39, 0.29) is 0 Å². The number of likely N-dealkylation sites (tertiary alicyclic amines) is 1. The summed E-state index contributed by atoms with van der Waals surface area (Å²) in [6.07, 6.45) is 19.1. The molecule has 3 atom stereocenters. The topological polar surface area (TPSA) is 59.0 Å². The summed E-state index contributed by atoms with van der Waals surface area (Å²) in [6, 6.07) is 0. The molecule has 0 aromatic carbocycles. The number of rotatable bonds is 21. The third kappa shape index (κ3) is 11.1. The Kier molecular flexibility index (Phi) is 17.2. The first kappa shape index (κ1) is 30.4. The van der Waals surface area contributed by atoms with Crippen molar-refractivity contribution in [2.45, 2.75) is 142 Å². The molecule has 33 heavy (non-hydrogen) atoms. The lowest BCUT2D eigenvalue weighted by molar-refractivity contribution is -0.257. The lowest BCUT2D eigenvalue weighted by Crippen LogP contribution is -2.65. The molecule has 0 amide bonds. The second-order valence-electron chi connectivity index (χ2n) is 10.1. The highest BCUT2D eigenvalue weighted by atomic mass is 16.6. The van der Waals surface area contributed by atoms with Gasteiger partial charge in [-0.1, -0.05) is 97.8 Å². The standard InChI is InChI=1S/C28H55NO4/c1-5-8-11-12-13-14-15-16-17-21-28(33-24-19-10-7-3)26(32-23-18-9-6-2)25(27(30)31)20-22-29(28)4/h25-26H,5-24H2,1-4H3,(H,30,31). The summed E-state index contributed by atoms with van der Waals surface area (Å²) in [7, 11) is 2.11. The van der Waals surface area contributed by atoms with Crippen molar-refractivity contribution < 1.29 is 19.4 Å². The van der Waals surface area contributed by atoms with Crippen molar-refractivity contribution in [3.63, 3.8) is 0 Å². The number of carbonyl (C=O) groups is 1. The summed E-state index contributed by atoms with van der Waals surface area (Å²) in [5, 5.41) is 10.0. The van der Waals surface area contributed by atoms with Gasteiger partial charge >= 0.3 is 5.97 Å². The summed E-state index contributed by atoms with van der Waals surface area (Å²) in [4.78, 5) is 14.5. The van der Waals surface area contributed by atoms with Gasteiger partial charge in [0.25, 0.3) is 0 Å². The fourth-order valence-electron chi connectivity index (χ4n) is 5.15. The number of aliphatic carboxylic acids is 1. The molecule has 0 saturated carbocycles. The van der Waals surface area contributed by atoms with Crippen LogP contribution >= 0.6 is 0 Å². The van der Waals surface area contributed by atoms with E-state index in [9.17, 15) is 9.90 Å². The summed E-state index contributed by atoms with van der Waals surface area (Å²) in [5.41, 5.74) is -0.623. The van der Waals surface area contributed by atoms with Gasteiger partial charge in [-0.3, -0.25) is 9.69 Å². The second-order valence-corrected chi connectivity index (χ2v) is 10.1. The average molecular weight is 470 g/mol. The molecule has 1 aliphatic rings. The van der Waals surface area contributed by atoms with Crippen LogP contribution in [0.1, 0.15) is 130 Å². The number of ether oxygens (including phenoxy) is 2. The lowest BCUT2D eigenvalue weighted by Gasteiger charge is -2.52. The van der Waals surface area contributed by atoms with Crippen molar-refractivity contribution in [3.8, 4) is 0 Å². The Labute approximate surface area is 205 Å². The van der Waals surface area contributed by atoms with Crippen LogP contribution < -0.4 is 0 Å². The Balaban J connectivity index is 2.80. The van der Waals surface area contributed by atoms with Crippen LogP contribution in [0.25, 0.3) is 0 Å². The lowest BCUT2D eigenvalue weighted by atomic mass is 9.81. The van der Waals surface area contributed by atoms with E-state index in [0.717, 1.165) is 57.9 Å². The van der Waals surface area contributed by atoms with Crippen molar-refractivity contribution in [1.82, 2.24) is 4.90 Å². The molecule has 5 nitrogen and oxygen atoms in total. The molecule has 1 heterocycles. The molecule has 5 heteroatoms. The molecule has 1 N–H and O–H groups in total. The summed E-state index contributed by atoms with van der Waals surface area (Å²) >= 11 is 0. The SMILES string of the molecule is CCCCCCCCCCCC1(OCCCCC)C(OCCCCC)C(C(=O)O)CCN1C. The van der Waals surface area contributed by atoms with E-state index >= 15 is 0 Å². The van der Waals surface area contributed by atoms with Crippen molar-refractivity contribution in [2.24, 2.45) is 5.92 Å². The molecule has 0 aliphatic carbocycles. The Morgan fingerprint density at radius 2 is 1.33 bits per heavy atom. The predicted octanol–water partition coefficient (Wildman–Crippen LogP) is 7.42. The average Bonchev–Trinajstić information content (AvgIpc) is 2.80. The third-order valence-corrected chi connectivity index (χ3v) is 7.33. The second kappa shape index (κ2) is 18.6. The Morgan fingerprint density at radius 1 is 0.818 bits per heavy atom. The number of nitrogens with zero attached hydrogens (tertiary/aromatic N) is 1. The Hall–Kier alpha value is -0.650. The zero-order chi connectivity index (χ0) is 24.4. The summed E-state index contributed by atoms with van der Waals surface area (Å²) < 4.78 is 13.0. The number of hydrogen-bond donors (Lipinski definition) is 1. The van der Waals surface area contributed by atoms with E-state index in [2.05, 4.69) is 32.7 Å². The molecular formula is C28H55NO4. The molecule has 0 spiro atoms. The maximum Gasteiger partial charge on any atom is 0.309 e. The van der Waals surface area contributed by atoms with Gasteiger partial charge in [0.15, 0.2) is 0 Å². The number of likely N-dealkylation sites (N-methyl/N-ethyl adjacent to an activating group) is 1. The molecule has 1 fully saturated rings.